The average Bonchev–Trinajstić information content (AvgIpc) is 1.63. The van der Waals surface area contributed by atoms with Crippen molar-refractivity contribution in [2.24, 2.45) is 16.8 Å². The summed E-state index contributed by atoms with van der Waals surface area (Å²) in [6.45, 7) is 3.98. The van der Waals surface area contributed by atoms with Gasteiger partial charge < -0.3 is 5.73 Å². The fraction of sp³-hybridized carbons (Fsp3) is 0.600. The summed E-state index contributed by atoms with van der Waals surface area (Å²) in [5.41, 5.74) is 7.24. The van der Waals surface area contributed by atoms with Gasteiger partial charge in [0.05, 0.1) is 0 Å². The van der Waals surface area contributed by atoms with Crippen LogP contribution in [0, 0.1) is 11.3 Å². The standard InChI is InChI=1S/C5H12N4/c1-4(2)3-8-9-5(6)7/h3-4H,1-2H3,(H4,6,7,9)/b8-3-. The molecule has 0 aliphatic carbocycles. The van der Waals surface area contributed by atoms with E-state index in [1.54, 1.807) is 6.21 Å². The van der Waals surface area contributed by atoms with Crippen molar-refractivity contribution in [3.8, 4) is 0 Å². The average molecular weight is 128 g/mol. The summed E-state index contributed by atoms with van der Waals surface area (Å²) in [6.07, 6.45) is 1.68. The number of hydrazone groups is 1. The summed E-state index contributed by atoms with van der Waals surface area (Å²) in [6, 6.07) is 0. The zero-order valence-electron chi connectivity index (χ0n) is 5.68. The molecule has 0 bridgehead atoms. The Labute approximate surface area is 54.6 Å². The fourth-order valence-corrected chi connectivity index (χ4v) is 0.256. The highest BCUT2D eigenvalue weighted by Gasteiger charge is 1.83. The summed E-state index contributed by atoms with van der Waals surface area (Å²) in [5.74, 6) is 0.253. The van der Waals surface area contributed by atoms with Gasteiger partial charge in [-0.3, -0.25) is 5.41 Å². The van der Waals surface area contributed by atoms with Gasteiger partial charge >= 0.3 is 0 Å². The molecule has 0 unspecified atom stereocenters. The highest BCUT2D eigenvalue weighted by molar-refractivity contribution is 5.75. The molecule has 0 atom stereocenters. The Balaban J connectivity index is 3.36. The lowest BCUT2D eigenvalue weighted by molar-refractivity contribution is 0.880. The first-order chi connectivity index (χ1) is 4.13. The molecule has 0 rings (SSSR count). The van der Waals surface area contributed by atoms with Crippen LogP contribution < -0.4 is 11.2 Å². The second kappa shape index (κ2) is 3.88. The third-order valence-electron chi connectivity index (χ3n) is 0.558. The Morgan fingerprint density at radius 1 is 1.78 bits per heavy atom. The summed E-state index contributed by atoms with van der Waals surface area (Å²) in [4.78, 5) is 0. The molecule has 0 spiro atoms. The maximum atomic E-state index is 6.69. The molecule has 0 radical (unpaired) electrons. The molecule has 0 aromatic rings. The topological polar surface area (TPSA) is 74.3 Å². The van der Waals surface area contributed by atoms with Crippen LogP contribution in [0.1, 0.15) is 13.8 Å². The molecule has 0 aromatic carbocycles. The summed E-state index contributed by atoms with van der Waals surface area (Å²) in [7, 11) is 0. The molecule has 0 aliphatic rings. The minimum absolute atomic E-state index is 0.132. The molecule has 0 saturated carbocycles. The van der Waals surface area contributed by atoms with Crippen LogP contribution in [0.3, 0.4) is 0 Å². The quantitative estimate of drug-likeness (QED) is 0.280. The molecular weight excluding hydrogens is 116 g/mol. The lowest BCUT2D eigenvalue weighted by Gasteiger charge is -1.94. The maximum Gasteiger partial charge on any atom is 0.206 e. The van der Waals surface area contributed by atoms with E-state index in [4.69, 9.17) is 11.1 Å². The number of nitrogens with zero attached hydrogens (tertiary/aromatic N) is 1. The first-order valence-corrected chi connectivity index (χ1v) is 2.76. The zero-order chi connectivity index (χ0) is 7.28. The Kier molecular flexibility index (Phi) is 3.43. The Bertz CT molecular complexity index is 116. The van der Waals surface area contributed by atoms with E-state index in [9.17, 15) is 0 Å². The number of rotatable bonds is 2. The molecule has 0 heterocycles. The number of nitrogens with two attached hydrogens (primary N) is 1. The van der Waals surface area contributed by atoms with Crippen LogP contribution in [-0.4, -0.2) is 12.2 Å². The zero-order valence-corrected chi connectivity index (χ0v) is 5.68. The Morgan fingerprint density at radius 2 is 2.33 bits per heavy atom. The predicted molar refractivity (Wildman–Crippen MR) is 38.4 cm³/mol. The van der Waals surface area contributed by atoms with Crippen LogP contribution in [0.4, 0.5) is 0 Å². The first kappa shape index (κ1) is 7.94. The largest absolute Gasteiger partial charge is 0.369 e. The first-order valence-electron chi connectivity index (χ1n) is 2.76. The molecule has 4 N–H and O–H groups in total. The second-order valence-corrected chi connectivity index (χ2v) is 2.05. The Morgan fingerprint density at radius 3 is 2.67 bits per heavy atom. The van der Waals surface area contributed by atoms with Crippen molar-refractivity contribution in [3.05, 3.63) is 0 Å². The van der Waals surface area contributed by atoms with E-state index in [0.717, 1.165) is 0 Å². The van der Waals surface area contributed by atoms with Gasteiger partial charge in [-0.25, -0.2) is 5.43 Å². The molecular formula is C5H12N4. The lowest BCUT2D eigenvalue weighted by atomic mass is 10.3. The van der Waals surface area contributed by atoms with E-state index >= 15 is 0 Å². The van der Waals surface area contributed by atoms with Crippen molar-refractivity contribution in [1.29, 1.82) is 5.41 Å². The van der Waals surface area contributed by atoms with Crippen LogP contribution in [0.5, 0.6) is 0 Å². The van der Waals surface area contributed by atoms with Crippen molar-refractivity contribution in [2.75, 3.05) is 0 Å². The fourth-order valence-electron chi connectivity index (χ4n) is 0.256. The summed E-state index contributed by atoms with van der Waals surface area (Å²) < 4.78 is 0. The van der Waals surface area contributed by atoms with Crippen molar-refractivity contribution in [1.82, 2.24) is 5.43 Å². The van der Waals surface area contributed by atoms with Gasteiger partial charge in [-0.1, -0.05) is 13.8 Å². The molecule has 0 saturated heterocycles. The van der Waals surface area contributed by atoms with Crippen molar-refractivity contribution in [3.63, 3.8) is 0 Å². The minimum Gasteiger partial charge on any atom is -0.369 e. The highest BCUT2D eigenvalue weighted by Crippen LogP contribution is 1.82. The van der Waals surface area contributed by atoms with Crippen molar-refractivity contribution < 1.29 is 0 Å². The van der Waals surface area contributed by atoms with Crippen molar-refractivity contribution >= 4 is 12.2 Å². The molecule has 0 aliphatic heterocycles. The van der Waals surface area contributed by atoms with Crippen molar-refractivity contribution in [2.45, 2.75) is 13.8 Å². The molecule has 0 aromatic heterocycles. The number of nitrogens with one attached hydrogen (secondary N) is 2. The molecule has 0 fully saturated rings. The molecule has 4 heteroatoms. The smallest absolute Gasteiger partial charge is 0.206 e. The monoisotopic (exact) mass is 128 g/mol. The van der Waals surface area contributed by atoms with Crippen LogP contribution in [0.15, 0.2) is 5.10 Å². The molecule has 0 amide bonds. The number of guanidine groups is 1. The molecule has 52 valence electrons. The van der Waals surface area contributed by atoms with Crippen LogP contribution in [0.25, 0.3) is 0 Å². The van der Waals surface area contributed by atoms with Gasteiger partial charge in [0, 0.05) is 6.21 Å². The third kappa shape index (κ3) is 6.94. The van der Waals surface area contributed by atoms with E-state index in [1.807, 2.05) is 13.8 Å². The number of hydrogen-bond acceptors (Lipinski definition) is 2. The van der Waals surface area contributed by atoms with E-state index in [1.165, 1.54) is 0 Å². The highest BCUT2D eigenvalue weighted by atomic mass is 15.3. The van der Waals surface area contributed by atoms with Crippen LogP contribution >= 0.6 is 0 Å². The second-order valence-electron chi connectivity index (χ2n) is 2.05. The Hall–Kier alpha value is -1.06. The van der Waals surface area contributed by atoms with Gasteiger partial charge in [0.25, 0.3) is 0 Å². The number of hydrogen-bond donors (Lipinski definition) is 3. The molecule has 9 heavy (non-hydrogen) atoms. The molecule has 4 nitrogen and oxygen atoms in total. The van der Waals surface area contributed by atoms with Gasteiger partial charge in [-0.05, 0) is 5.92 Å². The summed E-state index contributed by atoms with van der Waals surface area (Å²) >= 11 is 0. The van der Waals surface area contributed by atoms with Gasteiger partial charge in [-0.2, -0.15) is 5.10 Å². The van der Waals surface area contributed by atoms with E-state index in [-0.39, 0.29) is 5.96 Å². The maximum absolute atomic E-state index is 6.69. The normalized spacial score (nSPS) is 10.6. The van der Waals surface area contributed by atoms with Gasteiger partial charge in [0.15, 0.2) is 0 Å². The van der Waals surface area contributed by atoms with Crippen LogP contribution in [0.2, 0.25) is 0 Å². The van der Waals surface area contributed by atoms with E-state index in [0.29, 0.717) is 5.92 Å². The predicted octanol–water partition coefficient (Wildman–Crippen LogP) is 0.111. The van der Waals surface area contributed by atoms with Gasteiger partial charge in [0.1, 0.15) is 0 Å². The van der Waals surface area contributed by atoms with Gasteiger partial charge in [0.2, 0.25) is 5.96 Å². The summed E-state index contributed by atoms with van der Waals surface area (Å²) in [5, 5.41) is 10.3. The SMILES string of the molecule is CC(C)/C=N\NC(=N)N. The van der Waals surface area contributed by atoms with Gasteiger partial charge in [-0.15, -0.1) is 0 Å². The van der Waals surface area contributed by atoms with E-state index in [2.05, 4.69) is 10.5 Å². The van der Waals surface area contributed by atoms with Crippen LogP contribution in [-0.2, 0) is 0 Å². The lowest BCUT2D eigenvalue weighted by Crippen LogP contribution is -2.25. The minimum atomic E-state index is -0.132. The third-order valence-corrected chi connectivity index (χ3v) is 0.558. The van der Waals surface area contributed by atoms with E-state index < -0.39 is 0 Å².